The summed E-state index contributed by atoms with van der Waals surface area (Å²) in [4.78, 5) is 15.8. The van der Waals surface area contributed by atoms with Crippen molar-refractivity contribution in [2.45, 2.75) is 38.8 Å². The second-order valence-electron chi connectivity index (χ2n) is 8.92. The van der Waals surface area contributed by atoms with Gasteiger partial charge in [0.1, 0.15) is 0 Å². The van der Waals surface area contributed by atoms with Crippen LogP contribution in [-0.4, -0.2) is 17.9 Å². The Hall–Kier alpha value is -3.08. The van der Waals surface area contributed by atoms with Gasteiger partial charge in [0.15, 0.2) is 11.2 Å². The fourth-order valence-corrected chi connectivity index (χ4v) is 5.00. The molecule has 0 aliphatic carbocycles. The van der Waals surface area contributed by atoms with E-state index >= 15 is 0 Å². The molecule has 0 saturated carbocycles. The van der Waals surface area contributed by atoms with E-state index in [2.05, 4.69) is 12.1 Å². The molecule has 0 radical (unpaired) electrons. The molecule has 3 atom stereocenters. The fourth-order valence-electron chi connectivity index (χ4n) is 4.75. The maximum atomic E-state index is 13.8. The van der Waals surface area contributed by atoms with Gasteiger partial charge in [-0.2, -0.15) is 10.5 Å². The van der Waals surface area contributed by atoms with Crippen molar-refractivity contribution in [3.05, 3.63) is 70.8 Å². The van der Waals surface area contributed by atoms with Gasteiger partial charge in [-0.05, 0) is 23.3 Å². The van der Waals surface area contributed by atoms with Crippen molar-refractivity contribution in [2.75, 3.05) is 4.90 Å². The van der Waals surface area contributed by atoms with Crippen LogP contribution in [0.1, 0.15) is 37.8 Å². The van der Waals surface area contributed by atoms with E-state index in [1.54, 1.807) is 6.07 Å². The Kier molecular flexibility index (Phi) is 4.72. The number of ketones is 1. The Balaban J connectivity index is 2.06. The van der Waals surface area contributed by atoms with Crippen LogP contribution in [0.3, 0.4) is 0 Å². The summed E-state index contributed by atoms with van der Waals surface area (Å²) in [7, 11) is 0. The number of halogens is 1. The Morgan fingerprint density at radius 3 is 2.33 bits per heavy atom. The highest BCUT2D eigenvalue weighted by molar-refractivity contribution is 6.31. The van der Waals surface area contributed by atoms with Gasteiger partial charge >= 0.3 is 0 Å². The summed E-state index contributed by atoms with van der Waals surface area (Å²) in [5, 5.41) is 21.1. The van der Waals surface area contributed by atoms with Crippen LogP contribution in [0.5, 0.6) is 0 Å². The second-order valence-corrected chi connectivity index (χ2v) is 9.33. The first-order chi connectivity index (χ1) is 14.3. The molecule has 2 aromatic rings. The Bertz CT molecular complexity index is 1120. The third-order valence-corrected chi connectivity index (χ3v) is 6.51. The lowest BCUT2D eigenvalue weighted by atomic mass is 9.67. The molecule has 0 aromatic heterocycles. The molecular formula is C25H22ClN3O. The number of para-hydroxylation sites is 1. The van der Waals surface area contributed by atoms with Crippen molar-refractivity contribution >= 4 is 29.1 Å². The molecule has 0 unspecified atom stereocenters. The van der Waals surface area contributed by atoms with Crippen LogP contribution in [0.2, 0.25) is 5.02 Å². The minimum Gasteiger partial charge on any atom is -0.351 e. The number of nitrogens with zero attached hydrogens (tertiary/aromatic N) is 3. The number of hydrogen-bond donors (Lipinski definition) is 0. The van der Waals surface area contributed by atoms with Crippen LogP contribution in [0.25, 0.3) is 6.08 Å². The summed E-state index contributed by atoms with van der Waals surface area (Å²) in [5.74, 6) is -0.705. The van der Waals surface area contributed by atoms with E-state index < -0.39 is 28.8 Å². The third-order valence-electron chi connectivity index (χ3n) is 6.16. The van der Waals surface area contributed by atoms with Gasteiger partial charge in [0.05, 0.1) is 24.2 Å². The number of carbonyl (C=O) groups is 1. The van der Waals surface area contributed by atoms with Gasteiger partial charge < -0.3 is 4.90 Å². The van der Waals surface area contributed by atoms with Crippen molar-refractivity contribution in [1.29, 1.82) is 10.5 Å². The van der Waals surface area contributed by atoms with Gasteiger partial charge in [0.2, 0.25) is 0 Å². The molecule has 0 bridgehead atoms. The lowest BCUT2D eigenvalue weighted by Crippen LogP contribution is -2.47. The molecule has 150 valence electrons. The molecule has 1 saturated heterocycles. The summed E-state index contributed by atoms with van der Waals surface area (Å²) in [6.45, 7) is 5.62. The minimum absolute atomic E-state index is 0.0186. The molecule has 30 heavy (non-hydrogen) atoms. The molecule has 2 aromatic carbocycles. The second kappa shape index (κ2) is 7.01. The van der Waals surface area contributed by atoms with Crippen LogP contribution in [0, 0.1) is 33.5 Å². The number of hydrogen-bond acceptors (Lipinski definition) is 4. The highest BCUT2D eigenvalue weighted by Crippen LogP contribution is 2.56. The standard InChI is InChI=1S/C25H22ClN3O/c1-24(2,3)23(30)22-21(17-9-5-6-10-18(17)26)25(14-27,15-28)20-13-12-16-8-4-7-11-19(16)29(20)22/h4-13,20-22H,1-3H3/t20-,21-,22+/m1/s1. The van der Waals surface area contributed by atoms with E-state index in [4.69, 9.17) is 11.6 Å². The maximum absolute atomic E-state index is 13.8. The molecule has 2 aliphatic heterocycles. The predicted molar refractivity (Wildman–Crippen MR) is 118 cm³/mol. The largest absolute Gasteiger partial charge is 0.351 e. The Morgan fingerprint density at radius 2 is 1.70 bits per heavy atom. The summed E-state index contributed by atoms with van der Waals surface area (Å²) < 4.78 is 0. The lowest BCUT2D eigenvalue weighted by Gasteiger charge is -2.37. The number of Topliss-reactive ketones (excluding diaryl/α,β-unsaturated/α-hetero) is 1. The van der Waals surface area contributed by atoms with Crippen LogP contribution in [0.4, 0.5) is 5.69 Å². The summed E-state index contributed by atoms with van der Waals surface area (Å²) in [6.07, 6.45) is 3.82. The Morgan fingerprint density at radius 1 is 1.07 bits per heavy atom. The molecule has 0 N–H and O–H groups in total. The molecule has 5 heteroatoms. The summed E-state index contributed by atoms with van der Waals surface area (Å²) >= 11 is 6.56. The van der Waals surface area contributed by atoms with E-state index in [1.807, 2.05) is 80.3 Å². The zero-order valence-electron chi connectivity index (χ0n) is 17.1. The first-order valence-corrected chi connectivity index (χ1v) is 10.3. The number of fused-ring (bicyclic) bond motifs is 3. The predicted octanol–water partition coefficient (Wildman–Crippen LogP) is 5.36. The van der Waals surface area contributed by atoms with E-state index in [-0.39, 0.29) is 5.78 Å². The van der Waals surface area contributed by atoms with Gasteiger partial charge in [-0.25, -0.2) is 0 Å². The van der Waals surface area contributed by atoms with Crippen LogP contribution >= 0.6 is 11.6 Å². The molecule has 4 rings (SSSR count). The molecule has 4 nitrogen and oxygen atoms in total. The van der Waals surface area contributed by atoms with Crippen molar-refractivity contribution in [2.24, 2.45) is 10.8 Å². The van der Waals surface area contributed by atoms with Gasteiger partial charge in [-0.1, -0.05) is 80.9 Å². The highest BCUT2D eigenvalue weighted by Gasteiger charge is 2.64. The van der Waals surface area contributed by atoms with Crippen molar-refractivity contribution in [3.8, 4) is 12.1 Å². The van der Waals surface area contributed by atoms with Gasteiger partial charge in [-0.15, -0.1) is 0 Å². The normalized spacial score (nSPS) is 23.8. The highest BCUT2D eigenvalue weighted by atomic mass is 35.5. The number of anilines is 1. The molecule has 0 spiro atoms. The first-order valence-electron chi connectivity index (χ1n) is 9.93. The van der Waals surface area contributed by atoms with Gasteiger partial charge in [-0.3, -0.25) is 4.79 Å². The van der Waals surface area contributed by atoms with E-state index in [0.717, 1.165) is 11.3 Å². The van der Waals surface area contributed by atoms with Crippen molar-refractivity contribution in [3.63, 3.8) is 0 Å². The Labute approximate surface area is 182 Å². The lowest BCUT2D eigenvalue weighted by molar-refractivity contribution is -0.127. The topological polar surface area (TPSA) is 67.9 Å². The number of carbonyl (C=O) groups excluding carboxylic acids is 1. The average molecular weight is 416 g/mol. The third kappa shape index (κ3) is 2.76. The average Bonchev–Trinajstić information content (AvgIpc) is 3.03. The smallest absolute Gasteiger partial charge is 0.176 e. The van der Waals surface area contributed by atoms with E-state index in [9.17, 15) is 15.3 Å². The summed E-state index contributed by atoms with van der Waals surface area (Å²) in [5.41, 5.74) is 0.360. The van der Waals surface area contributed by atoms with Crippen LogP contribution in [-0.2, 0) is 4.79 Å². The monoisotopic (exact) mass is 415 g/mol. The first kappa shape index (κ1) is 20.2. The number of rotatable bonds is 2. The van der Waals surface area contributed by atoms with Gasteiger partial charge in [0.25, 0.3) is 0 Å². The molecule has 0 amide bonds. The number of benzene rings is 2. The van der Waals surface area contributed by atoms with Gasteiger partial charge in [0, 0.05) is 22.0 Å². The fraction of sp³-hybridized carbons (Fsp3) is 0.320. The molecule has 2 aliphatic rings. The molecular weight excluding hydrogens is 394 g/mol. The number of nitriles is 2. The summed E-state index contributed by atoms with van der Waals surface area (Å²) in [6, 6.07) is 18.4. The van der Waals surface area contributed by atoms with Crippen molar-refractivity contribution in [1.82, 2.24) is 0 Å². The molecule has 1 fully saturated rings. The van der Waals surface area contributed by atoms with E-state index in [1.165, 1.54) is 0 Å². The SMILES string of the molecule is CC(C)(C)C(=O)[C@@H]1[C@@H](c2ccccc2Cl)C(C#N)(C#N)[C@H]2C=Cc3ccccc3N12. The zero-order valence-corrected chi connectivity index (χ0v) is 17.9. The molecule has 2 heterocycles. The van der Waals surface area contributed by atoms with Crippen LogP contribution < -0.4 is 4.90 Å². The zero-order chi connectivity index (χ0) is 21.7. The van der Waals surface area contributed by atoms with Crippen LogP contribution in [0.15, 0.2) is 54.6 Å². The maximum Gasteiger partial charge on any atom is 0.176 e. The quantitative estimate of drug-likeness (QED) is 0.662. The minimum atomic E-state index is -1.46. The van der Waals surface area contributed by atoms with Crippen molar-refractivity contribution < 1.29 is 4.79 Å². The van der Waals surface area contributed by atoms with E-state index in [0.29, 0.717) is 10.6 Å².